The van der Waals surface area contributed by atoms with Gasteiger partial charge in [0.05, 0.1) is 6.61 Å². The fraction of sp³-hybridized carbons (Fsp3) is 0.250. The topological polar surface area (TPSA) is 45.1 Å². The fourth-order valence-electron chi connectivity index (χ4n) is 0.769. The van der Waals surface area contributed by atoms with Gasteiger partial charge in [-0.3, -0.25) is 4.98 Å². The standard InChI is InChI=1S/C8H10N2OS/c11-5-4-10-8(12)7-2-1-3-9-6-7/h1-3,6,11H,4-5H2,(H,10,12). The van der Waals surface area contributed by atoms with E-state index in [1.165, 1.54) is 0 Å². The summed E-state index contributed by atoms with van der Waals surface area (Å²) >= 11 is 5.02. The van der Waals surface area contributed by atoms with Crippen LogP contribution in [0.25, 0.3) is 0 Å². The molecule has 1 aromatic rings. The minimum atomic E-state index is 0.0837. The average molecular weight is 182 g/mol. The molecule has 0 saturated heterocycles. The molecule has 0 fully saturated rings. The van der Waals surface area contributed by atoms with Crippen molar-refractivity contribution in [2.45, 2.75) is 0 Å². The molecule has 2 N–H and O–H groups in total. The maximum Gasteiger partial charge on any atom is 0.108 e. The number of nitrogens with one attached hydrogen (secondary N) is 1. The summed E-state index contributed by atoms with van der Waals surface area (Å²) in [4.78, 5) is 4.55. The van der Waals surface area contributed by atoms with Gasteiger partial charge in [0.1, 0.15) is 4.99 Å². The van der Waals surface area contributed by atoms with E-state index in [0.717, 1.165) is 5.56 Å². The van der Waals surface area contributed by atoms with E-state index in [9.17, 15) is 0 Å². The number of thiocarbonyl (C=S) groups is 1. The van der Waals surface area contributed by atoms with Gasteiger partial charge in [0, 0.05) is 24.5 Å². The quantitative estimate of drug-likeness (QED) is 0.662. The number of hydrogen-bond donors (Lipinski definition) is 2. The number of rotatable bonds is 3. The summed E-state index contributed by atoms with van der Waals surface area (Å²) in [5.74, 6) is 0. The molecule has 0 bridgehead atoms. The van der Waals surface area contributed by atoms with Crippen molar-refractivity contribution >= 4 is 17.2 Å². The summed E-state index contributed by atoms with van der Waals surface area (Å²) < 4.78 is 0. The Labute approximate surface area is 76.4 Å². The van der Waals surface area contributed by atoms with Crippen LogP contribution in [0.4, 0.5) is 0 Å². The molecule has 0 aliphatic carbocycles. The smallest absolute Gasteiger partial charge is 0.108 e. The first kappa shape index (κ1) is 9.09. The first-order valence-corrected chi connectivity index (χ1v) is 4.04. The number of aliphatic hydroxyl groups is 1. The third-order valence-corrected chi connectivity index (χ3v) is 1.70. The molecule has 0 aliphatic heterocycles. The van der Waals surface area contributed by atoms with Crippen LogP contribution in [0, 0.1) is 0 Å². The fourth-order valence-corrected chi connectivity index (χ4v) is 0.991. The summed E-state index contributed by atoms with van der Waals surface area (Å²) in [5.41, 5.74) is 0.876. The Hall–Kier alpha value is -1.00. The van der Waals surface area contributed by atoms with Crippen molar-refractivity contribution in [3.05, 3.63) is 30.1 Å². The molecular weight excluding hydrogens is 172 g/mol. The second-order valence-electron chi connectivity index (χ2n) is 2.22. The van der Waals surface area contributed by atoms with Gasteiger partial charge in [0.15, 0.2) is 0 Å². The van der Waals surface area contributed by atoms with E-state index in [0.29, 0.717) is 11.5 Å². The normalized spacial score (nSPS) is 9.42. The van der Waals surface area contributed by atoms with E-state index in [1.54, 1.807) is 12.4 Å². The zero-order chi connectivity index (χ0) is 8.81. The Morgan fingerprint density at radius 2 is 2.50 bits per heavy atom. The lowest BCUT2D eigenvalue weighted by Crippen LogP contribution is -2.25. The van der Waals surface area contributed by atoms with Crippen LogP contribution in [0.2, 0.25) is 0 Å². The number of hydrogen-bond acceptors (Lipinski definition) is 3. The van der Waals surface area contributed by atoms with Gasteiger partial charge in [-0.15, -0.1) is 0 Å². The Bertz CT molecular complexity index is 250. The molecule has 64 valence electrons. The van der Waals surface area contributed by atoms with Crippen molar-refractivity contribution in [3.63, 3.8) is 0 Å². The van der Waals surface area contributed by atoms with Gasteiger partial charge >= 0.3 is 0 Å². The highest BCUT2D eigenvalue weighted by atomic mass is 32.1. The second-order valence-corrected chi connectivity index (χ2v) is 2.63. The highest BCUT2D eigenvalue weighted by molar-refractivity contribution is 7.80. The SMILES string of the molecule is OCCNC(=S)c1cccnc1. The van der Waals surface area contributed by atoms with Crippen molar-refractivity contribution in [1.29, 1.82) is 0 Å². The number of aliphatic hydroxyl groups excluding tert-OH is 1. The van der Waals surface area contributed by atoms with Crippen molar-refractivity contribution in [1.82, 2.24) is 10.3 Å². The van der Waals surface area contributed by atoms with Gasteiger partial charge in [0.2, 0.25) is 0 Å². The largest absolute Gasteiger partial charge is 0.395 e. The van der Waals surface area contributed by atoms with Crippen LogP contribution in [0.3, 0.4) is 0 Å². The predicted molar refractivity (Wildman–Crippen MR) is 51.0 cm³/mol. The van der Waals surface area contributed by atoms with Crippen LogP contribution < -0.4 is 5.32 Å². The Morgan fingerprint density at radius 1 is 1.67 bits per heavy atom. The number of aromatic nitrogens is 1. The highest BCUT2D eigenvalue weighted by Crippen LogP contribution is 1.95. The minimum Gasteiger partial charge on any atom is -0.395 e. The van der Waals surface area contributed by atoms with Crippen molar-refractivity contribution in [3.8, 4) is 0 Å². The number of pyridine rings is 1. The van der Waals surface area contributed by atoms with Gasteiger partial charge in [-0.25, -0.2) is 0 Å². The van der Waals surface area contributed by atoms with Crippen LogP contribution in [-0.2, 0) is 0 Å². The van der Waals surface area contributed by atoms with Crippen LogP contribution in [0.1, 0.15) is 5.56 Å². The Balaban J connectivity index is 2.54. The van der Waals surface area contributed by atoms with Crippen molar-refractivity contribution < 1.29 is 5.11 Å². The zero-order valence-electron chi connectivity index (χ0n) is 6.53. The zero-order valence-corrected chi connectivity index (χ0v) is 7.34. The van der Waals surface area contributed by atoms with Crippen LogP contribution >= 0.6 is 12.2 Å². The van der Waals surface area contributed by atoms with E-state index in [1.807, 2.05) is 12.1 Å². The molecule has 0 unspecified atom stereocenters. The summed E-state index contributed by atoms with van der Waals surface area (Å²) in [6.45, 7) is 0.564. The van der Waals surface area contributed by atoms with E-state index in [4.69, 9.17) is 17.3 Å². The molecule has 0 aliphatic rings. The molecule has 12 heavy (non-hydrogen) atoms. The minimum absolute atomic E-state index is 0.0837. The van der Waals surface area contributed by atoms with E-state index >= 15 is 0 Å². The molecule has 0 aromatic carbocycles. The van der Waals surface area contributed by atoms with Crippen LogP contribution in [-0.4, -0.2) is 28.2 Å². The molecule has 4 heteroatoms. The summed E-state index contributed by atoms with van der Waals surface area (Å²) in [6, 6.07) is 3.70. The van der Waals surface area contributed by atoms with Gasteiger partial charge in [-0.1, -0.05) is 12.2 Å². The molecule has 0 spiro atoms. The Morgan fingerprint density at radius 3 is 3.08 bits per heavy atom. The Kier molecular flexibility index (Phi) is 3.63. The monoisotopic (exact) mass is 182 g/mol. The van der Waals surface area contributed by atoms with E-state index in [-0.39, 0.29) is 6.61 Å². The lowest BCUT2D eigenvalue weighted by molar-refractivity contribution is 0.301. The highest BCUT2D eigenvalue weighted by Gasteiger charge is 1.97. The molecular formula is C8H10N2OS. The van der Waals surface area contributed by atoms with Crippen LogP contribution in [0.15, 0.2) is 24.5 Å². The van der Waals surface area contributed by atoms with Gasteiger partial charge in [-0.05, 0) is 12.1 Å². The van der Waals surface area contributed by atoms with E-state index < -0.39 is 0 Å². The summed E-state index contributed by atoms with van der Waals surface area (Å²) in [6.07, 6.45) is 3.38. The average Bonchev–Trinajstić information content (AvgIpc) is 2.15. The molecule has 3 nitrogen and oxygen atoms in total. The van der Waals surface area contributed by atoms with Crippen molar-refractivity contribution in [2.24, 2.45) is 0 Å². The maximum absolute atomic E-state index is 8.52. The molecule has 0 saturated carbocycles. The van der Waals surface area contributed by atoms with Gasteiger partial charge in [-0.2, -0.15) is 0 Å². The lowest BCUT2D eigenvalue weighted by atomic mass is 10.3. The lowest BCUT2D eigenvalue weighted by Gasteiger charge is -2.04. The molecule has 1 rings (SSSR count). The van der Waals surface area contributed by atoms with Crippen LogP contribution in [0.5, 0.6) is 0 Å². The van der Waals surface area contributed by atoms with Crippen molar-refractivity contribution in [2.75, 3.05) is 13.2 Å². The third kappa shape index (κ3) is 2.56. The molecule has 1 aromatic heterocycles. The van der Waals surface area contributed by atoms with Gasteiger partial charge in [0.25, 0.3) is 0 Å². The summed E-state index contributed by atoms with van der Waals surface area (Å²) in [5, 5.41) is 11.4. The third-order valence-electron chi connectivity index (χ3n) is 1.32. The second kappa shape index (κ2) is 4.79. The van der Waals surface area contributed by atoms with Gasteiger partial charge < -0.3 is 10.4 Å². The number of nitrogens with zero attached hydrogens (tertiary/aromatic N) is 1. The molecule has 1 heterocycles. The first-order chi connectivity index (χ1) is 5.84. The molecule has 0 amide bonds. The van der Waals surface area contributed by atoms with E-state index in [2.05, 4.69) is 10.3 Å². The molecule has 0 atom stereocenters. The summed E-state index contributed by atoms with van der Waals surface area (Å²) in [7, 11) is 0. The predicted octanol–water partition coefficient (Wildman–Crippen LogP) is 0.339. The first-order valence-electron chi connectivity index (χ1n) is 3.63. The maximum atomic E-state index is 8.52. The molecule has 0 radical (unpaired) electrons.